The second-order valence-electron chi connectivity index (χ2n) is 7.05. The van der Waals surface area contributed by atoms with Crippen molar-refractivity contribution in [3.05, 3.63) is 90.5 Å². The fourth-order valence-corrected chi connectivity index (χ4v) is 3.14. The van der Waals surface area contributed by atoms with E-state index < -0.39 is 6.10 Å². The summed E-state index contributed by atoms with van der Waals surface area (Å²) in [6.07, 6.45) is -0.656. The van der Waals surface area contributed by atoms with Crippen molar-refractivity contribution in [3.8, 4) is 11.1 Å². The van der Waals surface area contributed by atoms with Gasteiger partial charge in [0.05, 0.1) is 6.42 Å². The molecule has 2 atom stereocenters. The number of anilines is 1. The molecule has 0 bridgehead atoms. The Morgan fingerprint density at radius 2 is 1.41 bits per heavy atom. The van der Waals surface area contributed by atoms with Gasteiger partial charge in [-0.05, 0) is 30.0 Å². The highest BCUT2D eigenvalue weighted by molar-refractivity contribution is 5.98. The Balaban J connectivity index is 1.61. The fraction of sp³-hybridized carbons (Fsp3) is 0.200. The topological polar surface area (TPSA) is 55.4 Å². The number of rotatable bonds is 7. The summed E-state index contributed by atoms with van der Waals surface area (Å²) in [6, 6.07) is 27.2. The predicted molar refractivity (Wildman–Crippen MR) is 116 cm³/mol. The van der Waals surface area contributed by atoms with Crippen LogP contribution in [-0.2, 0) is 14.3 Å². The van der Waals surface area contributed by atoms with Crippen molar-refractivity contribution < 1.29 is 14.3 Å². The van der Waals surface area contributed by atoms with Crippen LogP contribution in [0, 0.1) is 0 Å². The van der Waals surface area contributed by atoms with E-state index in [-0.39, 0.29) is 24.2 Å². The first-order valence-corrected chi connectivity index (χ1v) is 9.74. The van der Waals surface area contributed by atoms with Crippen molar-refractivity contribution in [3.63, 3.8) is 0 Å². The zero-order valence-electron chi connectivity index (χ0n) is 16.7. The van der Waals surface area contributed by atoms with Gasteiger partial charge in [0, 0.05) is 11.3 Å². The van der Waals surface area contributed by atoms with Crippen LogP contribution >= 0.6 is 0 Å². The number of carbonyl (C=O) groups excluding carboxylic acids is 2. The van der Waals surface area contributed by atoms with E-state index in [0.29, 0.717) is 5.69 Å². The van der Waals surface area contributed by atoms with Crippen LogP contribution in [0.5, 0.6) is 0 Å². The van der Waals surface area contributed by atoms with Gasteiger partial charge in [-0.25, -0.2) is 0 Å². The van der Waals surface area contributed by atoms with Gasteiger partial charge < -0.3 is 10.1 Å². The van der Waals surface area contributed by atoms with Crippen molar-refractivity contribution in [1.29, 1.82) is 0 Å². The Morgan fingerprint density at radius 3 is 2.10 bits per heavy atom. The highest BCUT2D eigenvalue weighted by atomic mass is 16.5. The smallest absolute Gasteiger partial charge is 0.307 e. The normalized spacial score (nSPS) is 12.6. The number of amides is 1. The molecule has 0 saturated carbocycles. The molecule has 0 spiro atoms. The summed E-state index contributed by atoms with van der Waals surface area (Å²) in [6.45, 7) is 3.56. The molecule has 4 heteroatoms. The van der Waals surface area contributed by atoms with Crippen LogP contribution in [0.15, 0.2) is 84.9 Å². The first-order chi connectivity index (χ1) is 14.0. The van der Waals surface area contributed by atoms with Crippen molar-refractivity contribution in [2.75, 3.05) is 5.32 Å². The third kappa shape index (κ3) is 5.55. The molecule has 0 radical (unpaired) electrons. The van der Waals surface area contributed by atoms with Gasteiger partial charge in [0.15, 0.2) is 6.10 Å². The lowest BCUT2D eigenvalue weighted by atomic mass is 9.98. The Hall–Kier alpha value is -3.40. The average molecular weight is 387 g/mol. The lowest BCUT2D eigenvalue weighted by Gasteiger charge is -2.17. The van der Waals surface area contributed by atoms with Crippen LogP contribution in [0.4, 0.5) is 5.69 Å². The van der Waals surface area contributed by atoms with Crippen molar-refractivity contribution in [1.82, 2.24) is 0 Å². The van der Waals surface area contributed by atoms with Crippen LogP contribution in [0.25, 0.3) is 11.1 Å². The number of hydrogen-bond donors (Lipinski definition) is 1. The summed E-state index contributed by atoms with van der Waals surface area (Å²) in [4.78, 5) is 24.9. The zero-order valence-corrected chi connectivity index (χ0v) is 16.7. The summed E-state index contributed by atoms with van der Waals surface area (Å²) >= 11 is 0. The first kappa shape index (κ1) is 20.3. The van der Waals surface area contributed by atoms with E-state index in [4.69, 9.17) is 4.74 Å². The summed E-state index contributed by atoms with van der Waals surface area (Å²) in [5, 5.41) is 2.88. The predicted octanol–water partition coefficient (Wildman–Crippen LogP) is 5.42. The Labute approximate surface area is 171 Å². The van der Waals surface area contributed by atoms with Crippen LogP contribution < -0.4 is 5.32 Å². The third-order valence-electron chi connectivity index (χ3n) is 4.79. The Morgan fingerprint density at radius 1 is 0.828 bits per heavy atom. The average Bonchev–Trinajstić information content (AvgIpc) is 2.75. The maximum Gasteiger partial charge on any atom is 0.307 e. The molecular weight excluding hydrogens is 362 g/mol. The molecule has 0 unspecified atom stereocenters. The lowest BCUT2D eigenvalue weighted by molar-refractivity contribution is -0.153. The molecule has 148 valence electrons. The number of para-hydroxylation sites is 1. The molecule has 3 aromatic carbocycles. The minimum absolute atomic E-state index is 0.0257. The van der Waals surface area contributed by atoms with Crippen LogP contribution in [0.2, 0.25) is 0 Å². The monoisotopic (exact) mass is 387 g/mol. The summed E-state index contributed by atoms with van der Waals surface area (Å²) in [5.74, 6) is -0.716. The largest absolute Gasteiger partial charge is 0.453 e. The molecule has 29 heavy (non-hydrogen) atoms. The van der Waals surface area contributed by atoms with E-state index in [0.717, 1.165) is 16.7 Å². The van der Waals surface area contributed by atoms with Crippen molar-refractivity contribution >= 4 is 17.6 Å². The molecule has 0 aromatic heterocycles. The Kier molecular flexibility index (Phi) is 6.80. The third-order valence-corrected chi connectivity index (χ3v) is 4.79. The minimum atomic E-state index is -0.880. The number of nitrogens with one attached hydrogen (secondary N) is 1. The van der Waals surface area contributed by atoms with Crippen molar-refractivity contribution in [2.24, 2.45) is 0 Å². The highest BCUT2D eigenvalue weighted by Gasteiger charge is 2.21. The lowest BCUT2D eigenvalue weighted by Crippen LogP contribution is -2.30. The first-order valence-electron chi connectivity index (χ1n) is 9.74. The Bertz CT molecular complexity index is 954. The van der Waals surface area contributed by atoms with Crippen LogP contribution in [0.1, 0.15) is 31.7 Å². The molecule has 3 rings (SSSR count). The SMILES string of the molecule is C[C@H](CC(=O)O[C@H](C)C(=O)Nc1ccccc1-c1ccccc1)c1ccccc1. The van der Waals surface area contributed by atoms with E-state index in [1.807, 2.05) is 91.9 Å². The van der Waals surface area contributed by atoms with Gasteiger partial charge in [0.25, 0.3) is 5.91 Å². The number of carbonyl (C=O) groups is 2. The molecule has 4 nitrogen and oxygen atoms in total. The number of esters is 1. The van der Waals surface area contributed by atoms with Crippen LogP contribution in [0.3, 0.4) is 0 Å². The van der Waals surface area contributed by atoms with E-state index in [1.54, 1.807) is 6.92 Å². The molecule has 1 amide bonds. The second kappa shape index (κ2) is 9.69. The van der Waals surface area contributed by atoms with Gasteiger partial charge in [-0.3, -0.25) is 9.59 Å². The van der Waals surface area contributed by atoms with E-state index >= 15 is 0 Å². The molecule has 0 saturated heterocycles. The molecule has 3 aromatic rings. The molecule has 0 aliphatic rings. The maximum atomic E-state index is 12.6. The van der Waals surface area contributed by atoms with Gasteiger partial charge in [-0.2, -0.15) is 0 Å². The fourth-order valence-electron chi connectivity index (χ4n) is 3.14. The standard InChI is InChI=1S/C25H25NO3/c1-18(20-11-5-3-6-12-20)17-24(27)29-19(2)25(28)26-23-16-10-9-15-22(23)21-13-7-4-8-14-21/h3-16,18-19H,17H2,1-2H3,(H,26,28)/t18-,19-/m1/s1. The summed E-state index contributed by atoms with van der Waals surface area (Å²) in [5.41, 5.74) is 3.67. The van der Waals surface area contributed by atoms with Gasteiger partial charge in [0.2, 0.25) is 0 Å². The molecular formula is C25H25NO3. The molecule has 1 N–H and O–H groups in total. The van der Waals surface area contributed by atoms with Gasteiger partial charge in [0.1, 0.15) is 0 Å². The van der Waals surface area contributed by atoms with Crippen LogP contribution in [-0.4, -0.2) is 18.0 Å². The molecule has 0 heterocycles. The van der Waals surface area contributed by atoms with Crippen molar-refractivity contribution in [2.45, 2.75) is 32.3 Å². The van der Waals surface area contributed by atoms with E-state index in [1.165, 1.54) is 0 Å². The second-order valence-corrected chi connectivity index (χ2v) is 7.05. The highest BCUT2D eigenvalue weighted by Crippen LogP contribution is 2.27. The summed E-state index contributed by atoms with van der Waals surface area (Å²) in [7, 11) is 0. The van der Waals surface area contributed by atoms with Gasteiger partial charge >= 0.3 is 5.97 Å². The van der Waals surface area contributed by atoms with Gasteiger partial charge in [-0.15, -0.1) is 0 Å². The number of ether oxygens (including phenoxy) is 1. The zero-order chi connectivity index (χ0) is 20.6. The van der Waals surface area contributed by atoms with Gasteiger partial charge in [-0.1, -0.05) is 85.8 Å². The maximum absolute atomic E-state index is 12.6. The molecule has 0 fully saturated rings. The summed E-state index contributed by atoms with van der Waals surface area (Å²) < 4.78 is 5.37. The molecule has 0 aliphatic heterocycles. The number of benzene rings is 3. The number of hydrogen-bond acceptors (Lipinski definition) is 3. The van der Waals surface area contributed by atoms with E-state index in [9.17, 15) is 9.59 Å². The minimum Gasteiger partial charge on any atom is -0.453 e. The quantitative estimate of drug-likeness (QED) is 0.551. The van der Waals surface area contributed by atoms with E-state index in [2.05, 4.69) is 5.32 Å². The molecule has 0 aliphatic carbocycles.